The van der Waals surface area contributed by atoms with E-state index in [1.165, 1.54) is 12.3 Å². The summed E-state index contributed by atoms with van der Waals surface area (Å²) in [6.45, 7) is 3.90. The predicted molar refractivity (Wildman–Crippen MR) is 83.1 cm³/mol. The van der Waals surface area contributed by atoms with E-state index in [1.807, 2.05) is 13.8 Å². The number of hydrogen-bond donors (Lipinski definition) is 1. The van der Waals surface area contributed by atoms with Crippen molar-refractivity contribution in [2.24, 2.45) is 5.73 Å². The Bertz CT molecular complexity index is 531. The van der Waals surface area contributed by atoms with E-state index in [2.05, 4.69) is 4.98 Å². The third-order valence-corrected chi connectivity index (χ3v) is 3.99. The minimum absolute atomic E-state index is 0. The molecule has 0 bridgehead atoms. The minimum atomic E-state index is -3.69. The van der Waals surface area contributed by atoms with Crippen molar-refractivity contribution in [1.82, 2.24) is 4.98 Å². The van der Waals surface area contributed by atoms with Crippen LogP contribution in [0.25, 0.3) is 0 Å². The number of nitrogens with zero attached hydrogens (tertiary/aromatic N) is 1. The molecule has 0 aliphatic rings. The molecule has 2 N–H and O–H groups in total. The molecule has 0 atom stereocenters. The Labute approximate surface area is 131 Å². The van der Waals surface area contributed by atoms with Gasteiger partial charge >= 0.3 is 0 Å². The molecule has 1 rings (SSSR count). The van der Waals surface area contributed by atoms with Crippen molar-refractivity contribution in [3.63, 3.8) is 0 Å². The Morgan fingerprint density at radius 2 is 2.00 bits per heavy atom. The number of aromatic nitrogens is 1. The smallest absolute Gasteiger partial charge is 0.186 e. The molecule has 0 saturated heterocycles. The summed E-state index contributed by atoms with van der Waals surface area (Å²) in [6.07, 6.45) is 2.31. The maximum absolute atomic E-state index is 13.2. The van der Waals surface area contributed by atoms with Crippen LogP contribution in [-0.2, 0) is 9.84 Å². The molecular weight excluding hydrogens is 326 g/mol. The Balaban J connectivity index is 0. The van der Waals surface area contributed by atoms with Crippen molar-refractivity contribution in [2.75, 3.05) is 12.3 Å². The van der Waals surface area contributed by atoms with Gasteiger partial charge in [-0.05, 0) is 24.1 Å². The summed E-state index contributed by atoms with van der Waals surface area (Å²) in [5, 5.41) is 0. The van der Waals surface area contributed by atoms with E-state index in [4.69, 9.17) is 5.73 Å². The second-order valence-corrected chi connectivity index (χ2v) is 6.21. The van der Waals surface area contributed by atoms with Gasteiger partial charge in [0, 0.05) is 18.4 Å². The van der Waals surface area contributed by atoms with Gasteiger partial charge in [-0.15, -0.1) is 24.8 Å². The van der Waals surface area contributed by atoms with E-state index < -0.39 is 21.4 Å². The average molecular weight is 345 g/mol. The number of rotatable bonds is 5. The molecule has 4 nitrogen and oxygen atoms in total. The second-order valence-electron chi connectivity index (χ2n) is 4.22. The fourth-order valence-corrected chi connectivity index (χ4v) is 2.51. The highest BCUT2D eigenvalue weighted by atomic mass is 35.5. The van der Waals surface area contributed by atoms with Crippen LogP contribution < -0.4 is 5.73 Å². The molecule has 20 heavy (non-hydrogen) atoms. The van der Waals surface area contributed by atoms with E-state index in [0.29, 0.717) is 0 Å². The van der Waals surface area contributed by atoms with Gasteiger partial charge in [0.05, 0.1) is 4.90 Å². The first-order valence-corrected chi connectivity index (χ1v) is 7.25. The fourth-order valence-electron chi connectivity index (χ4n) is 1.37. The Hall–Kier alpha value is -0.690. The summed E-state index contributed by atoms with van der Waals surface area (Å²) in [4.78, 5) is 4.07. The maximum Gasteiger partial charge on any atom is 0.186 e. The van der Waals surface area contributed by atoms with E-state index in [1.54, 1.807) is 6.07 Å². The van der Waals surface area contributed by atoms with Crippen LogP contribution in [0.2, 0.25) is 0 Å². The van der Waals surface area contributed by atoms with E-state index in [0.717, 1.165) is 11.8 Å². The topological polar surface area (TPSA) is 73.0 Å². The van der Waals surface area contributed by atoms with E-state index >= 15 is 0 Å². The lowest BCUT2D eigenvalue weighted by Crippen LogP contribution is -2.09. The number of sulfone groups is 1. The van der Waals surface area contributed by atoms with Gasteiger partial charge in [0.2, 0.25) is 0 Å². The molecule has 0 spiro atoms. The summed E-state index contributed by atoms with van der Waals surface area (Å²) in [6, 6.07) is 3.09. The van der Waals surface area contributed by atoms with Gasteiger partial charge in [0.25, 0.3) is 0 Å². The maximum atomic E-state index is 13.2. The van der Waals surface area contributed by atoms with Crippen molar-refractivity contribution in [2.45, 2.75) is 24.7 Å². The lowest BCUT2D eigenvalue weighted by atomic mass is 10.1. The van der Waals surface area contributed by atoms with Crippen LogP contribution >= 0.6 is 24.8 Å². The normalized spacial score (nSPS) is 11.8. The summed E-state index contributed by atoms with van der Waals surface area (Å²) in [5.74, 6) is -1.20. The Morgan fingerprint density at radius 1 is 1.40 bits per heavy atom. The van der Waals surface area contributed by atoms with Crippen LogP contribution in [0.3, 0.4) is 0 Å². The van der Waals surface area contributed by atoms with Gasteiger partial charge in [-0.3, -0.25) is 4.98 Å². The van der Waals surface area contributed by atoms with Crippen molar-refractivity contribution < 1.29 is 12.8 Å². The van der Waals surface area contributed by atoms with E-state index in [-0.39, 0.29) is 42.2 Å². The van der Waals surface area contributed by atoms with Gasteiger partial charge < -0.3 is 5.73 Å². The van der Waals surface area contributed by atoms with Crippen molar-refractivity contribution in [1.29, 1.82) is 0 Å². The summed E-state index contributed by atoms with van der Waals surface area (Å²) >= 11 is 0. The third kappa shape index (κ3) is 6.17. The van der Waals surface area contributed by atoms with Crippen LogP contribution in [0.4, 0.5) is 4.39 Å². The fraction of sp³-hybridized carbons (Fsp3) is 0.417. The van der Waals surface area contributed by atoms with Gasteiger partial charge in [0.15, 0.2) is 9.84 Å². The molecule has 0 unspecified atom stereocenters. The first kappa shape index (κ1) is 21.6. The predicted octanol–water partition coefficient (Wildman–Crippen LogP) is 2.63. The van der Waals surface area contributed by atoms with Crippen LogP contribution in [-0.4, -0.2) is 25.7 Å². The molecule has 1 aromatic rings. The largest absolute Gasteiger partial charge is 0.327 e. The van der Waals surface area contributed by atoms with Crippen molar-refractivity contribution in [3.8, 4) is 0 Å². The molecule has 0 aliphatic carbocycles. The summed E-state index contributed by atoms with van der Waals surface area (Å²) in [5.41, 5.74) is 5.91. The van der Waals surface area contributed by atoms with Crippen LogP contribution in [0, 0.1) is 0 Å². The standard InChI is InChI=1S/C12H17FN2O2S.2ClH/c1-9(2)12-4-3-11(7-15-12)18(16,17)8-10(13)5-6-14;;/h3-5,7,9H,6,8,14H2,1-2H3;2*1H/b10-5-;;. The zero-order valence-corrected chi connectivity index (χ0v) is 13.7. The molecule has 0 saturated carbocycles. The van der Waals surface area contributed by atoms with Crippen molar-refractivity contribution >= 4 is 34.7 Å². The molecule has 0 fully saturated rings. The van der Waals surface area contributed by atoms with E-state index in [9.17, 15) is 12.8 Å². The monoisotopic (exact) mass is 344 g/mol. The highest BCUT2D eigenvalue weighted by molar-refractivity contribution is 7.91. The molecule has 0 amide bonds. The van der Waals surface area contributed by atoms with Gasteiger partial charge in [-0.25, -0.2) is 12.8 Å². The molecule has 0 aliphatic heterocycles. The molecule has 1 aromatic heterocycles. The highest BCUT2D eigenvalue weighted by Gasteiger charge is 2.17. The summed E-state index contributed by atoms with van der Waals surface area (Å²) in [7, 11) is -3.69. The number of hydrogen-bond acceptors (Lipinski definition) is 4. The zero-order chi connectivity index (χ0) is 13.8. The van der Waals surface area contributed by atoms with Gasteiger partial charge in [-0.2, -0.15) is 0 Å². The first-order chi connectivity index (χ1) is 8.36. The van der Waals surface area contributed by atoms with Crippen LogP contribution in [0.1, 0.15) is 25.5 Å². The van der Waals surface area contributed by atoms with Gasteiger partial charge in [0.1, 0.15) is 11.6 Å². The van der Waals surface area contributed by atoms with Crippen LogP contribution in [0.15, 0.2) is 35.1 Å². The summed E-state index contributed by atoms with van der Waals surface area (Å²) < 4.78 is 36.8. The second kappa shape index (κ2) is 9.28. The quantitative estimate of drug-likeness (QED) is 0.890. The minimum Gasteiger partial charge on any atom is -0.327 e. The Morgan fingerprint density at radius 3 is 2.40 bits per heavy atom. The molecular formula is C12H19Cl2FN2O2S. The third-order valence-electron chi connectivity index (χ3n) is 2.38. The first-order valence-electron chi connectivity index (χ1n) is 5.60. The molecule has 8 heteroatoms. The number of pyridine rings is 1. The molecule has 116 valence electrons. The zero-order valence-electron chi connectivity index (χ0n) is 11.2. The number of halogens is 3. The van der Waals surface area contributed by atoms with Gasteiger partial charge in [-0.1, -0.05) is 13.8 Å². The highest BCUT2D eigenvalue weighted by Crippen LogP contribution is 2.17. The molecule has 0 aromatic carbocycles. The molecule has 0 radical (unpaired) electrons. The lowest BCUT2D eigenvalue weighted by molar-refractivity contribution is 0.582. The molecule has 1 heterocycles. The van der Waals surface area contributed by atoms with Crippen LogP contribution in [0.5, 0.6) is 0 Å². The average Bonchev–Trinajstić information content (AvgIpc) is 2.28. The SMILES string of the molecule is CC(C)c1ccc(S(=O)(=O)C/C(F)=C/CN)cn1.Cl.Cl. The van der Waals surface area contributed by atoms with Crippen molar-refractivity contribution in [3.05, 3.63) is 35.9 Å². The Kier molecular flexibility index (Phi) is 10.0. The number of nitrogens with two attached hydrogens (primary N) is 1. The lowest BCUT2D eigenvalue weighted by Gasteiger charge is -2.06.